The molecule has 0 aliphatic heterocycles. The van der Waals surface area contributed by atoms with E-state index in [2.05, 4.69) is 73.4 Å². The molecule has 0 aromatic rings. The van der Waals surface area contributed by atoms with Gasteiger partial charge in [0.1, 0.15) is 0 Å². The van der Waals surface area contributed by atoms with Crippen molar-refractivity contribution in [3.05, 3.63) is 59.8 Å². The van der Waals surface area contributed by atoms with Crippen LogP contribution in [0.3, 0.4) is 0 Å². The first-order valence-electron chi connectivity index (χ1n) is 12.0. The third kappa shape index (κ3) is 2.34. The summed E-state index contributed by atoms with van der Waals surface area (Å²) in [4.78, 5) is 0. The van der Waals surface area contributed by atoms with Crippen molar-refractivity contribution in [2.75, 3.05) is 0 Å². The topological polar surface area (TPSA) is 26.0 Å². The highest BCUT2D eigenvalue weighted by Gasteiger charge is 2.72. The Bertz CT molecular complexity index is 901. The predicted octanol–water partition coefficient (Wildman–Crippen LogP) is 7.67. The molecule has 4 rings (SSSR count). The largest absolute Gasteiger partial charge is 0.324 e. The van der Waals surface area contributed by atoms with Gasteiger partial charge in [0.05, 0.1) is 0 Å². The lowest BCUT2D eigenvalue weighted by Gasteiger charge is -2.68. The molecule has 0 saturated heterocycles. The van der Waals surface area contributed by atoms with E-state index in [1.54, 1.807) is 0 Å². The summed E-state index contributed by atoms with van der Waals surface area (Å²) in [6.07, 6.45) is 12.9. The molecule has 0 amide bonds. The van der Waals surface area contributed by atoms with Crippen LogP contribution in [-0.2, 0) is 0 Å². The molecule has 0 spiro atoms. The van der Waals surface area contributed by atoms with Gasteiger partial charge in [-0.25, -0.2) is 0 Å². The minimum Gasteiger partial charge on any atom is -0.324 e. The van der Waals surface area contributed by atoms with Crippen LogP contribution in [0.1, 0.15) is 86.5 Å². The predicted molar refractivity (Wildman–Crippen MR) is 130 cm³/mol. The third-order valence-electron chi connectivity index (χ3n) is 10.8. The number of rotatable bonds is 3. The monoisotopic (exact) mass is 405 g/mol. The summed E-state index contributed by atoms with van der Waals surface area (Å²) in [6, 6.07) is 0. The Labute approximate surface area is 185 Å². The normalized spacial score (nSPS) is 47.6. The highest BCUT2D eigenvalue weighted by molar-refractivity contribution is 5.50. The van der Waals surface area contributed by atoms with Crippen LogP contribution in [0, 0.1) is 27.6 Å². The highest BCUT2D eigenvalue weighted by atomic mass is 14.9. The molecule has 4 unspecified atom stereocenters. The molecule has 1 heteroatoms. The second kappa shape index (κ2) is 6.35. The second-order valence-corrected chi connectivity index (χ2v) is 12.2. The van der Waals surface area contributed by atoms with Gasteiger partial charge in [0.2, 0.25) is 0 Å². The average Bonchev–Trinajstić information content (AvgIpc) is 2.88. The van der Waals surface area contributed by atoms with Crippen molar-refractivity contribution in [2.24, 2.45) is 33.3 Å². The SMILES string of the molecule is C=C(C)CC1(C(=C)C)CC[C@@]2(N)C3C=C(C)C4=CC(=C)CCC4(C)[C@@]3(C)CCC12C. The van der Waals surface area contributed by atoms with Crippen molar-refractivity contribution >= 4 is 0 Å². The summed E-state index contributed by atoms with van der Waals surface area (Å²) in [5.41, 5.74) is 14.7. The van der Waals surface area contributed by atoms with Crippen LogP contribution < -0.4 is 5.73 Å². The number of nitrogens with two attached hydrogens (primary N) is 1. The van der Waals surface area contributed by atoms with Crippen LogP contribution in [0.4, 0.5) is 0 Å². The lowest BCUT2D eigenvalue weighted by atomic mass is 9.37. The van der Waals surface area contributed by atoms with Crippen LogP contribution >= 0.6 is 0 Å². The third-order valence-corrected chi connectivity index (χ3v) is 10.8. The van der Waals surface area contributed by atoms with Crippen molar-refractivity contribution in [1.82, 2.24) is 0 Å². The zero-order valence-corrected chi connectivity index (χ0v) is 20.4. The summed E-state index contributed by atoms with van der Waals surface area (Å²) < 4.78 is 0. The molecule has 0 bridgehead atoms. The fourth-order valence-corrected chi connectivity index (χ4v) is 8.67. The van der Waals surface area contributed by atoms with Crippen molar-refractivity contribution in [3.63, 3.8) is 0 Å². The van der Waals surface area contributed by atoms with E-state index >= 15 is 0 Å². The van der Waals surface area contributed by atoms with Gasteiger partial charge in [-0.1, -0.05) is 68.4 Å². The molecule has 2 fully saturated rings. The maximum Gasteiger partial charge on any atom is 0.0286 e. The van der Waals surface area contributed by atoms with E-state index in [9.17, 15) is 0 Å². The lowest BCUT2D eigenvalue weighted by molar-refractivity contribution is -0.111. The van der Waals surface area contributed by atoms with E-state index < -0.39 is 0 Å². The van der Waals surface area contributed by atoms with E-state index in [1.165, 1.54) is 47.1 Å². The zero-order valence-electron chi connectivity index (χ0n) is 20.4. The molecule has 164 valence electrons. The summed E-state index contributed by atoms with van der Waals surface area (Å²) in [7, 11) is 0. The zero-order chi connectivity index (χ0) is 22.3. The number of fused-ring (bicyclic) bond motifs is 5. The van der Waals surface area contributed by atoms with E-state index in [0.29, 0.717) is 5.92 Å². The molecule has 4 aliphatic carbocycles. The van der Waals surface area contributed by atoms with E-state index in [1.807, 2.05) is 0 Å². The van der Waals surface area contributed by atoms with Gasteiger partial charge in [-0.15, -0.1) is 6.58 Å². The molecule has 2 N–H and O–H groups in total. The van der Waals surface area contributed by atoms with Crippen molar-refractivity contribution in [3.8, 4) is 0 Å². The molecular weight excluding hydrogens is 362 g/mol. The summed E-state index contributed by atoms with van der Waals surface area (Å²) in [5.74, 6) is 0.392. The van der Waals surface area contributed by atoms with Crippen LogP contribution in [0.25, 0.3) is 0 Å². The van der Waals surface area contributed by atoms with Crippen molar-refractivity contribution in [1.29, 1.82) is 0 Å². The standard InChI is InChI=1S/C29H43N/c1-19(2)18-28(20(3)4)14-15-29(30)24-17-22(6)23-16-21(5)10-11-25(23,7)26(24,8)12-13-27(28,29)9/h16-17,24H,1,3,5,10-15,18,30H2,2,4,6-9H3/t24?,25?,26-,27?,28?,29+/m0/s1. The van der Waals surface area contributed by atoms with Crippen molar-refractivity contribution in [2.45, 2.75) is 92.0 Å². The van der Waals surface area contributed by atoms with Gasteiger partial charge < -0.3 is 5.73 Å². The smallest absolute Gasteiger partial charge is 0.0286 e. The quantitative estimate of drug-likeness (QED) is 0.479. The average molecular weight is 406 g/mol. The summed E-state index contributed by atoms with van der Waals surface area (Å²) in [5, 5.41) is 0. The highest BCUT2D eigenvalue weighted by Crippen LogP contribution is 2.76. The molecule has 0 aromatic heterocycles. The first-order chi connectivity index (χ1) is 13.8. The van der Waals surface area contributed by atoms with E-state index in [-0.39, 0.29) is 27.2 Å². The molecule has 30 heavy (non-hydrogen) atoms. The first kappa shape index (κ1) is 21.9. The maximum atomic E-state index is 7.65. The summed E-state index contributed by atoms with van der Waals surface area (Å²) >= 11 is 0. The molecule has 2 saturated carbocycles. The minimum atomic E-state index is -0.210. The first-order valence-corrected chi connectivity index (χ1v) is 12.0. The van der Waals surface area contributed by atoms with Gasteiger partial charge in [0.15, 0.2) is 0 Å². The van der Waals surface area contributed by atoms with Crippen LogP contribution in [0.5, 0.6) is 0 Å². The van der Waals surface area contributed by atoms with Gasteiger partial charge in [0.25, 0.3) is 0 Å². The Morgan fingerprint density at radius 1 is 1.07 bits per heavy atom. The number of allylic oxidation sites excluding steroid dienone is 6. The molecule has 0 radical (unpaired) electrons. The van der Waals surface area contributed by atoms with E-state index in [4.69, 9.17) is 5.73 Å². The lowest BCUT2D eigenvalue weighted by Crippen LogP contribution is -2.69. The van der Waals surface area contributed by atoms with Gasteiger partial charge in [0, 0.05) is 16.9 Å². The molecule has 1 nitrogen and oxygen atoms in total. The van der Waals surface area contributed by atoms with Gasteiger partial charge in [-0.05, 0) is 87.5 Å². The Hall–Kier alpha value is -1.34. The fraction of sp³-hybridized carbons (Fsp3) is 0.655. The maximum absolute atomic E-state index is 7.65. The Morgan fingerprint density at radius 2 is 1.73 bits per heavy atom. The number of hydrogen-bond donors (Lipinski definition) is 1. The van der Waals surface area contributed by atoms with Crippen LogP contribution in [-0.4, -0.2) is 5.54 Å². The number of hydrogen-bond acceptors (Lipinski definition) is 1. The Kier molecular flexibility index (Phi) is 4.63. The minimum absolute atomic E-state index is 0.0432. The molecular formula is C29H43N. The van der Waals surface area contributed by atoms with Crippen LogP contribution in [0.15, 0.2) is 59.8 Å². The summed E-state index contributed by atoms with van der Waals surface area (Å²) in [6.45, 7) is 27.4. The Balaban J connectivity index is 1.91. The molecule has 0 aromatic carbocycles. The van der Waals surface area contributed by atoms with E-state index in [0.717, 1.165) is 25.7 Å². The fourth-order valence-electron chi connectivity index (χ4n) is 8.67. The van der Waals surface area contributed by atoms with Crippen molar-refractivity contribution < 1.29 is 0 Å². The molecule has 0 heterocycles. The van der Waals surface area contributed by atoms with Gasteiger partial charge >= 0.3 is 0 Å². The molecule has 6 atom stereocenters. The molecule has 4 aliphatic rings. The van der Waals surface area contributed by atoms with Gasteiger partial charge in [-0.3, -0.25) is 0 Å². The Morgan fingerprint density at radius 3 is 2.33 bits per heavy atom. The second-order valence-electron chi connectivity index (χ2n) is 12.2. The van der Waals surface area contributed by atoms with Gasteiger partial charge in [-0.2, -0.15) is 0 Å². The van der Waals surface area contributed by atoms with Crippen LogP contribution in [0.2, 0.25) is 0 Å².